The number of H-pyrrole nitrogens is 1. The number of nitrogens with one attached hydrogen (secondary N) is 1. The predicted octanol–water partition coefficient (Wildman–Crippen LogP) is 7.95. The van der Waals surface area contributed by atoms with Gasteiger partial charge >= 0.3 is 6.18 Å². The zero-order valence-electron chi connectivity index (χ0n) is 14.8. The van der Waals surface area contributed by atoms with Crippen molar-refractivity contribution in [2.45, 2.75) is 6.18 Å². The summed E-state index contributed by atoms with van der Waals surface area (Å²) < 4.78 is 41.3. The third-order valence-corrected chi connectivity index (χ3v) is 5.48. The van der Waals surface area contributed by atoms with E-state index >= 15 is 0 Å². The van der Waals surface area contributed by atoms with Crippen LogP contribution in [0.2, 0.25) is 0 Å². The number of nitrogens with zero attached hydrogens (tertiary/aromatic N) is 1. The van der Waals surface area contributed by atoms with Crippen LogP contribution in [0.4, 0.5) is 13.2 Å². The minimum atomic E-state index is -4.41. The summed E-state index contributed by atoms with van der Waals surface area (Å²) in [6, 6.07) is 20.5. The molecule has 3 aromatic carbocycles. The number of hydrogen-bond donors (Lipinski definition) is 1. The lowest BCUT2D eigenvalue weighted by atomic mass is 10.1. The second-order valence-corrected chi connectivity index (χ2v) is 8.23. The molecule has 2 nitrogen and oxygen atoms in total. The SMILES string of the molecule is FC(F)(F)c1cccc(-c2nc(-c3ccc(Br)cc3)c(-c3ccc(Br)cc3)[nH]2)c1. The molecule has 1 aromatic heterocycles. The standard InChI is InChI=1S/C22H13Br2F3N2/c23-17-8-4-13(5-9-17)19-20(14-6-10-18(24)11-7-14)29-21(28-19)15-2-1-3-16(12-15)22(25,26)27/h1-12H,(H,28,29). The van der Waals surface area contributed by atoms with E-state index in [9.17, 15) is 13.2 Å². The molecule has 29 heavy (non-hydrogen) atoms. The number of aromatic amines is 1. The Morgan fingerprint density at radius 2 is 1.31 bits per heavy atom. The van der Waals surface area contributed by atoms with E-state index in [0.717, 1.165) is 37.9 Å². The van der Waals surface area contributed by atoms with Gasteiger partial charge in [-0.25, -0.2) is 4.98 Å². The highest BCUT2D eigenvalue weighted by Crippen LogP contribution is 2.36. The fraction of sp³-hybridized carbons (Fsp3) is 0.0455. The molecular weight excluding hydrogens is 509 g/mol. The molecule has 0 spiro atoms. The lowest BCUT2D eigenvalue weighted by molar-refractivity contribution is -0.137. The maximum Gasteiger partial charge on any atom is 0.416 e. The van der Waals surface area contributed by atoms with E-state index in [1.54, 1.807) is 6.07 Å². The largest absolute Gasteiger partial charge is 0.416 e. The summed E-state index contributed by atoms with van der Waals surface area (Å²) in [5.74, 6) is 0.381. The molecule has 0 fully saturated rings. The van der Waals surface area contributed by atoms with Gasteiger partial charge in [0.1, 0.15) is 5.82 Å². The molecular formula is C22H13Br2F3N2. The molecule has 0 bridgehead atoms. The highest BCUT2D eigenvalue weighted by atomic mass is 79.9. The van der Waals surface area contributed by atoms with E-state index in [1.807, 2.05) is 48.5 Å². The third kappa shape index (κ3) is 4.31. The van der Waals surface area contributed by atoms with E-state index in [2.05, 4.69) is 41.8 Å². The van der Waals surface area contributed by atoms with Crippen molar-refractivity contribution >= 4 is 31.9 Å². The Morgan fingerprint density at radius 1 is 0.724 bits per heavy atom. The summed E-state index contributed by atoms with van der Waals surface area (Å²) in [5, 5.41) is 0. The molecule has 0 aliphatic heterocycles. The van der Waals surface area contributed by atoms with E-state index < -0.39 is 11.7 Å². The highest BCUT2D eigenvalue weighted by molar-refractivity contribution is 9.10. The average Bonchev–Trinajstić information content (AvgIpc) is 3.14. The summed E-state index contributed by atoms with van der Waals surface area (Å²) in [7, 11) is 0. The van der Waals surface area contributed by atoms with E-state index in [1.165, 1.54) is 6.07 Å². The fourth-order valence-corrected chi connectivity index (χ4v) is 3.52. The fourth-order valence-electron chi connectivity index (χ4n) is 2.99. The van der Waals surface area contributed by atoms with Gasteiger partial charge in [0.15, 0.2) is 0 Å². The molecule has 0 aliphatic carbocycles. The first-order valence-electron chi connectivity index (χ1n) is 8.61. The van der Waals surface area contributed by atoms with Crippen molar-refractivity contribution in [1.29, 1.82) is 0 Å². The van der Waals surface area contributed by atoms with Crippen LogP contribution >= 0.6 is 31.9 Å². The van der Waals surface area contributed by atoms with Gasteiger partial charge in [0.05, 0.1) is 17.0 Å². The molecule has 146 valence electrons. The van der Waals surface area contributed by atoms with Crippen molar-refractivity contribution in [3.05, 3.63) is 87.3 Å². The predicted molar refractivity (Wildman–Crippen MR) is 115 cm³/mol. The Balaban J connectivity index is 1.88. The van der Waals surface area contributed by atoms with Crippen LogP contribution in [0.25, 0.3) is 33.9 Å². The van der Waals surface area contributed by atoms with Gasteiger partial charge < -0.3 is 4.98 Å². The number of imidazole rings is 1. The number of aromatic nitrogens is 2. The normalized spacial score (nSPS) is 11.6. The summed E-state index contributed by atoms with van der Waals surface area (Å²) in [4.78, 5) is 7.87. The van der Waals surface area contributed by atoms with Crippen LogP contribution in [0.3, 0.4) is 0 Å². The van der Waals surface area contributed by atoms with Crippen molar-refractivity contribution < 1.29 is 13.2 Å². The molecule has 0 saturated carbocycles. The molecule has 0 radical (unpaired) electrons. The smallest absolute Gasteiger partial charge is 0.337 e. The summed E-state index contributed by atoms with van der Waals surface area (Å²) in [6.07, 6.45) is -4.41. The Bertz CT molecular complexity index is 1090. The first kappa shape index (κ1) is 19.9. The van der Waals surface area contributed by atoms with E-state index in [4.69, 9.17) is 0 Å². The maximum absolute atomic E-state index is 13.1. The molecule has 1 heterocycles. The summed E-state index contributed by atoms with van der Waals surface area (Å²) in [6.45, 7) is 0. The molecule has 0 unspecified atom stereocenters. The minimum absolute atomic E-state index is 0.376. The van der Waals surface area contributed by atoms with Crippen LogP contribution in [0.5, 0.6) is 0 Å². The monoisotopic (exact) mass is 520 g/mol. The maximum atomic E-state index is 13.1. The number of alkyl halides is 3. The Kier molecular flexibility index (Phi) is 5.36. The second-order valence-electron chi connectivity index (χ2n) is 6.40. The summed E-state index contributed by atoms with van der Waals surface area (Å²) >= 11 is 6.84. The van der Waals surface area contributed by atoms with Gasteiger partial charge in [-0.1, -0.05) is 68.3 Å². The Labute approximate surface area is 182 Å². The van der Waals surface area contributed by atoms with Crippen LogP contribution < -0.4 is 0 Å². The van der Waals surface area contributed by atoms with E-state index in [0.29, 0.717) is 17.1 Å². The number of halogens is 5. The second kappa shape index (κ2) is 7.80. The lowest BCUT2D eigenvalue weighted by Gasteiger charge is -2.07. The van der Waals surface area contributed by atoms with Crippen molar-refractivity contribution in [3.63, 3.8) is 0 Å². The molecule has 7 heteroatoms. The average molecular weight is 522 g/mol. The van der Waals surface area contributed by atoms with Crippen LogP contribution in [-0.4, -0.2) is 9.97 Å². The Hall–Kier alpha value is -2.38. The van der Waals surface area contributed by atoms with Crippen LogP contribution in [0, 0.1) is 0 Å². The molecule has 1 N–H and O–H groups in total. The Morgan fingerprint density at radius 3 is 1.90 bits per heavy atom. The van der Waals surface area contributed by atoms with Gasteiger partial charge in [-0.2, -0.15) is 13.2 Å². The first-order valence-corrected chi connectivity index (χ1v) is 10.2. The first-order chi connectivity index (χ1) is 13.8. The molecule has 0 atom stereocenters. The summed E-state index contributed by atoms with van der Waals surface area (Å²) in [5.41, 5.74) is 2.83. The third-order valence-electron chi connectivity index (χ3n) is 4.42. The number of hydrogen-bond acceptors (Lipinski definition) is 1. The zero-order valence-corrected chi connectivity index (χ0v) is 17.9. The van der Waals surface area contributed by atoms with Crippen LogP contribution in [-0.2, 0) is 6.18 Å². The van der Waals surface area contributed by atoms with Gasteiger partial charge in [0.25, 0.3) is 0 Å². The quantitative estimate of drug-likeness (QED) is 0.291. The zero-order chi connectivity index (χ0) is 20.6. The van der Waals surface area contributed by atoms with Crippen molar-refractivity contribution in [2.24, 2.45) is 0 Å². The van der Waals surface area contributed by atoms with E-state index in [-0.39, 0.29) is 0 Å². The number of rotatable bonds is 3. The van der Waals surface area contributed by atoms with Gasteiger partial charge in [0.2, 0.25) is 0 Å². The van der Waals surface area contributed by atoms with Crippen molar-refractivity contribution in [2.75, 3.05) is 0 Å². The van der Waals surface area contributed by atoms with Gasteiger partial charge in [0, 0.05) is 25.6 Å². The van der Waals surface area contributed by atoms with Crippen LogP contribution in [0.15, 0.2) is 81.7 Å². The van der Waals surface area contributed by atoms with Gasteiger partial charge in [-0.05, 0) is 36.4 Å². The molecule has 4 aromatic rings. The van der Waals surface area contributed by atoms with Gasteiger partial charge in [-0.15, -0.1) is 0 Å². The minimum Gasteiger partial charge on any atom is -0.337 e. The van der Waals surface area contributed by atoms with Crippen molar-refractivity contribution in [1.82, 2.24) is 9.97 Å². The molecule has 0 saturated heterocycles. The number of benzene rings is 3. The lowest BCUT2D eigenvalue weighted by Crippen LogP contribution is -2.04. The highest BCUT2D eigenvalue weighted by Gasteiger charge is 2.30. The molecule has 4 rings (SSSR count). The van der Waals surface area contributed by atoms with Gasteiger partial charge in [-0.3, -0.25) is 0 Å². The topological polar surface area (TPSA) is 28.7 Å². The molecule has 0 amide bonds. The molecule has 0 aliphatic rings. The van der Waals surface area contributed by atoms with Crippen LogP contribution in [0.1, 0.15) is 5.56 Å². The van der Waals surface area contributed by atoms with Crippen molar-refractivity contribution in [3.8, 4) is 33.9 Å².